The minimum absolute atomic E-state index is 0.127. The van der Waals surface area contributed by atoms with Crippen LogP contribution >= 0.6 is 12.2 Å². The fourth-order valence-electron chi connectivity index (χ4n) is 0.895. The van der Waals surface area contributed by atoms with Crippen molar-refractivity contribution < 1.29 is 13.2 Å². The van der Waals surface area contributed by atoms with E-state index in [0.717, 1.165) is 0 Å². The summed E-state index contributed by atoms with van der Waals surface area (Å²) in [5.41, 5.74) is 0.257. The van der Waals surface area contributed by atoms with Crippen molar-refractivity contribution in [2.24, 2.45) is 20.2 Å². The summed E-state index contributed by atoms with van der Waals surface area (Å²) in [6, 6.07) is 0. The Morgan fingerprint density at radius 3 is 2.57 bits per heavy atom. The predicted molar refractivity (Wildman–Crippen MR) is 46.5 cm³/mol. The van der Waals surface area contributed by atoms with Crippen LogP contribution in [0.2, 0.25) is 0 Å². The van der Waals surface area contributed by atoms with Gasteiger partial charge in [0.2, 0.25) is 5.84 Å². The van der Waals surface area contributed by atoms with E-state index in [-0.39, 0.29) is 16.4 Å². The molecule has 72 valence electrons. The van der Waals surface area contributed by atoms with Crippen LogP contribution in [0.4, 0.5) is 13.2 Å². The van der Waals surface area contributed by atoms with Crippen LogP contribution in [0.15, 0.2) is 32.0 Å². The van der Waals surface area contributed by atoms with E-state index in [4.69, 9.17) is 0 Å². The van der Waals surface area contributed by atoms with Gasteiger partial charge in [0, 0.05) is 0 Å². The predicted octanol–water partition coefficient (Wildman–Crippen LogP) is 2.04. The maximum Gasteiger partial charge on any atom is 0.451 e. The number of nitrogens with zero attached hydrogens (tertiary/aromatic N) is 4. The van der Waals surface area contributed by atoms with Gasteiger partial charge in [0.1, 0.15) is 4.99 Å². The molecule has 0 N–H and O–H groups in total. The third-order valence-electron chi connectivity index (χ3n) is 1.48. The van der Waals surface area contributed by atoms with Crippen molar-refractivity contribution >= 4 is 28.9 Å². The lowest BCUT2D eigenvalue weighted by Gasteiger charge is -2.11. The molecule has 8 heteroatoms. The van der Waals surface area contributed by atoms with Gasteiger partial charge in [0.15, 0.2) is 5.84 Å². The summed E-state index contributed by atoms with van der Waals surface area (Å²) < 4.78 is 36.5. The minimum Gasteiger partial charge on any atom is -0.212 e. The summed E-state index contributed by atoms with van der Waals surface area (Å²) in [6.45, 7) is 0. The second kappa shape index (κ2) is 2.77. The summed E-state index contributed by atoms with van der Waals surface area (Å²) in [5.74, 6) is -1.41. The third kappa shape index (κ3) is 1.37. The van der Waals surface area contributed by atoms with Gasteiger partial charge in [-0.05, 0) is 0 Å². The normalized spacial score (nSPS) is 20.2. The largest absolute Gasteiger partial charge is 0.451 e. The van der Waals surface area contributed by atoms with Crippen molar-refractivity contribution in [3.05, 3.63) is 11.8 Å². The number of thiocarbonyl (C=S) groups is 1. The van der Waals surface area contributed by atoms with E-state index in [2.05, 4.69) is 32.4 Å². The van der Waals surface area contributed by atoms with Gasteiger partial charge in [-0.15, -0.1) is 5.11 Å². The average Bonchev–Trinajstić information content (AvgIpc) is 2.50. The smallest absolute Gasteiger partial charge is 0.212 e. The molecular formula is C6HF3N4S. The molecule has 0 spiro atoms. The quantitative estimate of drug-likeness (QED) is 0.574. The standard InChI is InChI=1S/C6HF3N4S/c7-6(8,9)5-11-3-2(1-10-13-3)4(14)12-5/h1H. The van der Waals surface area contributed by atoms with E-state index in [9.17, 15) is 13.2 Å². The molecule has 0 aromatic rings. The van der Waals surface area contributed by atoms with Gasteiger partial charge in [0.25, 0.3) is 0 Å². The number of alkyl halides is 3. The molecule has 14 heavy (non-hydrogen) atoms. The molecule has 0 saturated carbocycles. The molecule has 0 bridgehead atoms. The molecule has 0 aliphatic carbocycles. The van der Waals surface area contributed by atoms with Gasteiger partial charge >= 0.3 is 6.18 Å². The Morgan fingerprint density at radius 2 is 1.93 bits per heavy atom. The molecule has 0 fully saturated rings. The SMILES string of the molecule is FC(F)(F)C1=NC(=S)C2=CN=NC2=N1. The van der Waals surface area contributed by atoms with Crippen molar-refractivity contribution in [3.63, 3.8) is 0 Å². The number of hydrogen-bond acceptors (Lipinski definition) is 4. The summed E-state index contributed by atoms with van der Waals surface area (Å²) in [6.07, 6.45) is -3.38. The first-order valence-electron chi connectivity index (χ1n) is 3.39. The van der Waals surface area contributed by atoms with Crippen LogP contribution in [0.3, 0.4) is 0 Å². The molecule has 4 nitrogen and oxygen atoms in total. The van der Waals surface area contributed by atoms with E-state index >= 15 is 0 Å². The van der Waals surface area contributed by atoms with Gasteiger partial charge in [-0.25, -0.2) is 9.98 Å². The molecule has 0 atom stereocenters. The Hall–Kier alpha value is -1.44. The van der Waals surface area contributed by atoms with E-state index in [1.54, 1.807) is 0 Å². The number of hydrogen-bond donors (Lipinski definition) is 0. The summed E-state index contributed by atoms with van der Waals surface area (Å²) in [7, 11) is 0. The number of aliphatic imine (C=N–C) groups is 2. The fraction of sp³-hybridized carbons (Fsp3) is 0.167. The van der Waals surface area contributed by atoms with Crippen LogP contribution in [-0.2, 0) is 0 Å². The molecule has 0 radical (unpaired) electrons. The zero-order valence-corrected chi connectivity index (χ0v) is 7.22. The Morgan fingerprint density at radius 1 is 1.21 bits per heavy atom. The molecule has 2 rings (SSSR count). The van der Waals surface area contributed by atoms with Crippen molar-refractivity contribution in [3.8, 4) is 0 Å². The van der Waals surface area contributed by atoms with Crippen molar-refractivity contribution in [1.29, 1.82) is 0 Å². The lowest BCUT2D eigenvalue weighted by atomic mass is 10.2. The maximum absolute atomic E-state index is 12.2. The first-order valence-corrected chi connectivity index (χ1v) is 3.79. The Bertz CT molecular complexity index is 429. The zero-order chi connectivity index (χ0) is 10.3. The average molecular weight is 218 g/mol. The Kier molecular flexibility index (Phi) is 1.81. The molecule has 0 aromatic carbocycles. The third-order valence-corrected chi connectivity index (χ3v) is 1.79. The van der Waals surface area contributed by atoms with Crippen LogP contribution in [0.5, 0.6) is 0 Å². The number of azo groups is 1. The second-order valence-electron chi connectivity index (χ2n) is 2.43. The summed E-state index contributed by atoms with van der Waals surface area (Å²) >= 11 is 4.63. The highest BCUT2D eigenvalue weighted by Crippen LogP contribution is 2.25. The molecule has 0 saturated heterocycles. The first-order chi connectivity index (χ1) is 6.48. The highest BCUT2D eigenvalue weighted by atomic mass is 32.1. The molecule has 0 aromatic heterocycles. The van der Waals surface area contributed by atoms with E-state index in [0.29, 0.717) is 0 Å². The topological polar surface area (TPSA) is 49.4 Å². The Balaban J connectivity index is 2.46. The van der Waals surface area contributed by atoms with Crippen LogP contribution in [-0.4, -0.2) is 22.8 Å². The maximum atomic E-state index is 12.2. The molecule has 2 aliphatic rings. The van der Waals surface area contributed by atoms with Crippen LogP contribution in [0, 0.1) is 0 Å². The van der Waals surface area contributed by atoms with E-state index in [1.165, 1.54) is 6.20 Å². The van der Waals surface area contributed by atoms with Crippen molar-refractivity contribution in [2.45, 2.75) is 6.18 Å². The summed E-state index contributed by atoms with van der Waals surface area (Å²) in [4.78, 5) is 6.15. The monoisotopic (exact) mass is 218 g/mol. The van der Waals surface area contributed by atoms with Crippen LogP contribution in [0.25, 0.3) is 0 Å². The summed E-state index contributed by atoms with van der Waals surface area (Å²) in [5, 5.41) is 6.78. The molecular weight excluding hydrogens is 217 g/mol. The first kappa shape index (κ1) is 9.13. The fourth-order valence-corrected chi connectivity index (χ4v) is 1.13. The number of fused-ring (bicyclic) bond motifs is 1. The lowest BCUT2D eigenvalue weighted by Crippen LogP contribution is -2.27. The Labute approximate surface area is 81.0 Å². The van der Waals surface area contributed by atoms with Crippen LogP contribution in [0.1, 0.15) is 0 Å². The highest BCUT2D eigenvalue weighted by Gasteiger charge is 2.39. The number of halogens is 3. The van der Waals surface area contributed by atoms with E-state index in [1.807, 2.05) is 0 Å². The van der Waals surface area contributed by atoms with Gasteiger partial charge < -0.3 is 0 Å². The molecule has 0 unspecified atom stereocenters. The number of rotatable bonds is 0. The molecule has 0 amide bonds. The van der Waals surface area contributed by atoms with E-state index < -0.39 is 12.0 Å². The molecule has 2 aliphatic heterocycles. The number of amidine groups is 2. The van der Waals surface area contributed by atoms with Crippen LogP contribution < -0.4 is 0 Å². The lowest BCUT2D eigenvalue weighted by molar-refractivity contribution is -0.0595. The van der Waals surface area contributed by atoms with Gasteiger partial charge in [-0.2, -0.15) is 18.3 Å². The zero-order valence-electron chi connectivity index (χ0n) is 6.41. The molecule has 2 heterocycles. The van der Waals surface area contributed by atoms with Gasteiger partial charge in [-0.1, -0.05) is 12.2 Å². The van der Waals surface area contributed by atoms with Crippen molar-refractivity contribution in [2.75, 3.05) is 0 Å². The second-order valence-corrected chi connectivity index (χ2v) is 2.82. The van der Waals surface area contributed by atoms with Crippen molar-refractivity contribution in [1.82, 2.24) is 0 Å². The minimum atomic E-state index is -4.61. The van der Waals surface area contributed by atoms with Gasteiger partial charge in [-0.3, -0.25) is 0 Å². The highest BCUT2D eigenvalue weighted by molar-refractivity contribution is 7.81. The van der Waals surface area contributed by atoms with Gasteiger partial charge in [0.05, 0.1) is 11.8 Å².